The van der Waals surface area contributed by atoms with Gasteiger partial charge < -0.3 is 15.7 Å². The fraction of sp³-hybridized carbons (Fsp3) is 0.125. The maximum Gasteiger partial charge on any atom is 0.335 e. The molecule has 0 aromatic heterocycles. The van der Waals surface area contributed by atoms with Crippen molar-refractivity contribution < 1.29 is 14.7 Å². The first-order valence-corrected chi connectivity index (χ1v) is 6.56. The normalized spacial score (nSPS) is 16.2. The number of aryl methyl sites for hydroxylation is 1. The molecule has 1 atom stereocenters. The molecule has 2 aromatic rings. The Labute approximate surface area is 121 Å². The van der Waals surface area contributed by atoms with E-state index in [1.807, 2.05) is 31.2 Å². The third-order valence-corrected chi connectivity index (χ3v) is 3.58. The zero-order chi connectivity index (χ0) is 15.0. The van der Waals surface area contributed by atoms with Crippen molar-refractivity contribution in [3.05, 3.63) is 59.2 Å². The highest BCUT2D eigenvalue weighted by Crippen LogP contribution is 2.33. The van der Waals surface area contributed by atoms with E-state index in [0.29, 0.717) is 5.69 Å². The van der Waals surface area contributed by atoms with Crippen molar-refractivity contribution in [1.82, 2.24) is 0 Å². The summed E-state index contributed by atoms with van der Waals surface area (Å²) >= 11 is 0. The molecule has 106 valence electrons. The van der Waals surface area contributed by atoms with Gasteiger partial charge >= 0.3 is 5.97 Å². The van der Waals surface area contributed by atoms with Gasteiger partial charge in [0, 0.05) is 16.9 Å². The number of para-hydroxylation sites is 1. The van der Waals surface area contributed by atoms with E-state index >= 15 is 0 Å². The smallest absolute Gasteiger partial charge is 0.335 e. The van der Waals surface area contributed by atoms with Crippen LogP contribution in [0.2, 0.25) is 0 Å². The fourth-order valence-corrected chi connectivity index (χ4v) is 2.42. The zero-order valence-corrected chi connectivity index (χ0v) is 11.4. The molecule has 0 bridgehead atoms. The number of nitrogens with one attached hydrogen (secondary N) is 2. The summed E-state index contributed by atoms with van der Waals surface area (Å²) in [6.45, 7) is 1.87. The van der Waals surface area contributed by atoms with Gasteiger partial charge in [0.05, 0.1) is 5.56 Å². The van der Waals surface area contributed by atoms with Crippen molar-refractivity contribution in [1.29, 1.82) is 0 Å². The minimum Gasteiger partial charge on any atom is -0.478 e. The van der Waals surface area contributed by atoms with E-state index in [4.69, 9.17) is 5.11 Å². The Balaban J connectivity index is 1.96. The summed E-state index contributed by atoms with van der Waals surface area (Å²) < 4.78 is 0. The topological polar surface area (TPSA) is 78.4 Å². The first-order valence-electron chi connectivity index (χ1n) is 6.56. The predicted octanol–water partition coefficient (Wildman–Crippen LogP) is 2.80. The number of benzene rings is 2. The van der Waals surface area contributed by atoms with Gasteiger partial charge in [-0.05, 0) is 30.7 Å². The Bertz CT molecular complexity index is 740. The zero-order valence-electron chi connectivity index (χ0n) is 11.4. The Morgan fingerprint density at radius 3 is 2.76 bits per heavy atom. The molecule has 1 amide bonds. The predicted molar refractivity (Wildman–Crippen MR) is 79.6 cm³/mol. The minimum absolute atomic E-state index is 0.142. The van der Waals surface area contributed by atoms with Crippen molar-refractivity contribution in [2.45, 2.75) is 13.0 Å². The van der Waals surface area contributed by atoms with Gasteiger partial charge in [0.25, 0.3) is 5.91 Å². The molecule has 3 rings (SSSR count). The molecule has 0 saturated carbocycles. The maximum atomic E-state index is 12.1. The lowest BCUT2D eigenvalue weighted by Gasteiger charge is -2.15. The highest BCUT2D eigenvalue weighted by molar-refractivity contribution is 6.04. The Morgan fingerprint density at radius 2 is 2.00 bits per heavy atom. The van der Waals surface area contributed by atoms with Crippen molar-refractivity contribution in [2.24, 2.45) is 0 Å². The number of aromatic carboxylic acids is 1. The van der Waals surface area contributed by atoms with Gasteiger partial charge in [0.1, 0.15) is 6.04 Å². The SMILES string of the molecule is Cc1ccc(C(=O)O)cc1NC1C(=O)Nc2ccccc21. The first-order chi connectivity index (χ1) is 10.1. The van der Waals surface area contributed by atoms with E-state index in [9.17, 15) is 9.59 Å². The second-order valence-electron chi connectivity index (χ2n) is 4.99. The van der Waals surface area contributed by atoms with Gasteiger partial charge in [-0.15, -0.1) is 0 Å². The van der Waals surface area contributed by atoms with Crippen LogP contribution in [0.25, 0.3) is 0 Å². The molecule has 0 aliphatic carbocycles. The molecule has 1 aliphatic heterocycles. The number of carboxylic acids is 1. The van der Waals surface area contributed by atoms with Crippen molar-refractivity contribution in [3.8, 4) is 0 Å². The number of carbonyl (C=O) groups excluding carboxylic acids is 1. The number of hydrogen-bond acceptors (Lipinski definition) is 3. The van der Waals surface area contributed by atoms with Crippen LogP contribution in [-0.4, -0.2) is 17.0 Å². The number of fused-ring (bicyclic) bond motifs is 1. The van der Waals surface area contributed by atoms with Crippen LogP contribution in [0.4, 0.5) is 11.4 Å². The Morgan fingerprint density at radius 1 is 1.24 bits per heavy atom. The highest BCUT2D eigenvalue weighted by atomic mass is 16.4. The third-order valence-electron chi connectivity index (χ3n) is 3.58. The number of rotatable bonds is 3. The summed E-state index contributed by atoms with van der Waals surface area (Å²) in [5, 5.41) is 15.0. The van der Waals surface area contributed by atoms with E-state index in [0.717, 1.165) is 16.8 Å². The van der Waals surface area contributed by atoms with Gasteiger partial charge in [-0.3, -0.25) is 4.79 Å². The van der Waals surface area contributed by atoms with Gasteiger partial charge in [-0.2, -0.15) is 0 Å². The molecular formula is C16H14N2O3. The summed E-state index contributed by atoms with van der Waals surface area (Å²) in [7, 11) is 0. The molecule has 5 nitrogen and oxygen atoms in total. The third kappa shape index (κ3) is 2.33. The lowest BCUT2D eigenvalue weighted by atomic mass is 10.1. The molecule has 5 heteroatoms. The highest BCUT2D eigenvalue weighted by Gasteiger charge is 2.30. The maximum absolute atomic E-state index is 12.1. The summed E-state index contributed by atoms with van der Waals surface area (Å²) in [6, 6.07) is 11.8. The van der Waals surface area contributed by atoms with Crippen LogP contribution >= 0.6 is 0 Å². The van der Waals surface area contributed by atoms with Crippen LogP contribution in [0.15, 0.2) is 42.5 Å². The second kappa shape index (κ2) is 4.94. The van der Waals surface area contributed by atoms with Crippen LogP contribution in [0.1, 0.15) is 27.5 Å². The molecule has 3 N–H and O–H groups in total. The quantitative estimate of drug-likeness (QED) is 0.809. The standard InChI is InChI=1S/C16H14N2O3/c1-9-6-7-10(16(20)21)8-13(9)17-14-11-4-2-3-5-12(11)18-15(14)19/h2-8,14,17H,1H3,(H,18,19)(H,20,21). The largest absolute Gasteiger partial charge is 0.478 e. The lowest BCUT2D eigenvalue weighted by Crippen LogP contribution is -2.20. The summed E-state index contributed by atoms with van der Waals surface area (Å²) in [6.07, 6.45) is 0. The molecule has 1 unspecified atom stereocenters. The molecule has 2 aromatic carbocycles. The molecular weight excluding hydrogens is 268 g/mol. The van der Waals surface area contributed by atoms with Gasteiger partial charge in [-0.25, -0.2) is 4.79 Å². The van der Waals surface area contributed by atoms with E-state index in [1.165, 1.54) is 0 Å². The van der Waals surface area contributed by atoms with Crippen molar-refractivity contribution in [3.63, 3.8) is 0 Å². The molecule has 0 saturated heterocycles. The van der Waals surface area contributed by atoms with Crippen LogP contribution in [0, 0.1) is 6.92 Å². The number of carboxylic acid groups (broad SMARTS) is 1. The molecule has 1 aliphatic rings. The number of hydrogen-bond donors (Lipinski definition) is 3. The average Bonchev–Trinajstić information content (AvgIpc) is 2.77. The minimum atomic E-state index is -0.991. The molecule has 0 radical (unpaired) electrons. The van der Waals surface area contributed by atoms with E-state index in [1.54, 1.807) is 18.2 Å². The second-order valence-corrected chi connectivity index (χ2v) is 4.99. The summed E-state index contributed by atoms with van der Waals surface area (Å²) in [5.74, 6) is -1.13. The summed E-state index contributed by atoms with van der Waals surface area (Å²) in [4.78, 5) is 23.1. The van der Waals surface area contributed by atoms with Gasteiger partial charge in [-0.1, -0.05) is 24.3 Å². The summed E-state index contributed by atoms with van der Waals surface area (Å²) in [5.41, 5.74) is 3.37. The Kier molecular flexibility index (Phi) is 3.10. The number of amides is 1. The molecule has 0 spiro atoms. The van der Waals surface area contributed by atoms with Crippen LogP contribution in [0.3, 0.4) is 0 Å². The van der Waals surface area contributed by atoms with Crippen LogP contribution < -0.4 is 10.6 Å². The monoisotopic (exact) mass is 282 g/mol. The first kappa shape index (κ1) is 13.2. The lowest BCUT2D eigenvalue weighted by molar-refractivity contribution is -0.116. The Hall–Kier alpha value is -2.82. The van der Waals surface area contributed by atoms with E-state index < -0.39 is 12.0 Å². The average molecular weight is 282 g/mol. The van der Waals surface area contributed by atoms with Crippen LogP contribution in [0.5, 0.6) is 0 Å². The van der Waals surface area contributed by atoms with Crippen LogP contribution in [-0.2, 0) is 4.79 Å². The van der Waals surface area contributed by atoms with Crippen molar-refractivity contribution >= 4 is 23.3 Å². The van der Waals surface area contributed by atoms with E-state index in [-0.39, 0.29) is 11.5 Å². The molecule has 0 fully saturated rings. The number of carbonyl (C=O) groups is 2. The van der Waals surface area contributed by atoms with Gasteiger partial charge in [0.15, 0.2) is 0 Å². The van der Waals surface area contributed by atoms with Crippen molar-refractivity contribution in [2.75, 3.05) is 10.6 Å². The number of anilines is 2. The van der Waals surface area contributed by atoms with Gasteiger partial charge in [0.2, 0.25) is 0 Å². The fourth-order valence-electron chi connectivity index (χ4n) is 2.42. The molecule has 21 heavy (non-hydrogen) atoms. The molecule has 1 heterocycles. The van der Waals surface area contributed by atoms with E-state index in [2.05, 4.69) is 10.6 Å².